The number of fused-ring (bicyclic) bond motifs is 1. The van der Waals surface area contributed by atoms with E-state index in [9.17, 15) is 10.4 Å². The predicted molar refractivity (Wildman–Crippen MR) is 107 cm³/mol. The minimum Gasteiger partial charge on any atom is -0.508 e. The molecule has 0 unspecified atom stereocenters. The third kappa shape index (κ3) is 2.74. The molecule has 2 heterocycles. The molecule has 0 saturated carbocycles. The van der Waals surface area contributed by atoms with Gasteiger partial charge in [0.2, 0.25) is 0 Å². The Bertz CT molecular complexity index is 1230. The van der Waals surface area contributed by atoms with Crippen molar-refractivity contribution in [3.05, 3.63) is 59.3 Å². The molecule has 4 rings (SSSR count). The van der Waals surface area contributed by atoms with E-state index in [0.29, 0.717) is 16.9 Å². The quantitative estimate of drug-likeness (QED) is 0.554. The van der Waals surface area contributed by atoms with Crippen molar-refractivity contribution >= 4 is 11.0 Å². The first-order chi connectivity index (χ1) is 13.5. The number of rotatable bonds is 3. The monoisotopic (exact) mass is 370 g/mol. The van der Waals surface area contributed by atoms with Gasteiger partial charge in [0, 0.05) is 16.8 Å². The highest BCUT2D eigenvalue weighted by atomic mass is 16.5. The number of pyridine rings is 1. The summed E-state index contributed by atoms with van der Waals surface area (Å²) in [7, 11) is 1.61. The molecule has 4 aromatic rings. The highest BCUT2D eigenvalue weighted by Gasteiger charge is 2.21. The van der Waals surface area contributed by atoms with Crippen LogP contribution in [0.5, 0.6) is 11.5 Å². The molecule has 0 atom stereocenters. The van der Waals surface area contributed by atoms with Crippen molar-refractivity contribution in [2.75, 3.05) is 7.11 Å². The largest absolute Gasteiger partial charge is 0.508 e. The standard InChI is InChI=1S/C22H18N4O2/c1-12-10-15(6-9-18(12)27)20-17(11-23)21(14-4-7-16(28-3)8-5-14)24-22-19(20)13(2)25-26-22/h4-10,27H,1-3H3,(H,24,25,26). The van der Waals surface area contributed by atoms with Gasteiger partial charge >= 0.3 is 0 Å². The van der Waals surface area contributed by atoms with Crippen LogP contribution < -0.4 is 4.74 Å². The molecular weight excluding hydrogens is 352 g/mol. The summed E-state index contributed by atoms with van der Waals surface area (Å²) in [4.78, 5) is 4.66. The van der Waals surface area contributed by atoms with Crippen molar-refractivity contribution in [2.45, 2.75) is 13.8 Å². The zero-order chi connectivity index (χ0) is 19.8. The molecule has 0 bridgehead atoms. The Morgan fingerprint density at radius 3 is 2.43 bits per heavy atom. The Balaban J connectivity index is 2.08. The lowest BCUT2D eigenvalue weighted by molar-refractivity contribution is 0.415. The SMILES string of the molecule is COc1ccc(-c2nc3n[nH]c(C)c3c(-c3ccc(O)c(C)c3)c2C#N)cc1. The lowest BCUT2D eigenvalue weighted by Crippen LogP contribution is -1.97. The summed E-state index contributed by atoms with van der Waals surface area (Å²) in [5.74, 6) is 0.945. The van der Waals surface area contributed by atoms with E-state index in [1.54, 1.807) is 13.2 Å². The first kappa shape index (κ1) is 17.6. The molecule has 6 heteroatoms. The summed E-state index contributed by atoms with van der Waals surface area (Å²) >= 11 is 0. The normalized spacial score (nSPS) is 10.8. The van der Waals surface area contributed by atoms with Gasteiger partial charge in [-0.1, -0.05) is 6.07 Å². The Morgan fingerprint density at radius 1 is 1.07 bits per heavy atom. The number of benzene rings is 2. The molecule has 2 aromatic heterocycles. The summed E-state index contributed by atoms with van der Waals surface area (Å²) in [5.41, 5.74) is 5.53. The summed E-state index contributed by atoms with van der Waals surface area (Å²) in [5, 5.41) is 28.1. The number of H-pyrrole nitrogens is 1. The van der Waals surface area contributed by atoms with E-state index >= 15 is 0 Å². The number of aromatic hydroxyl groups is 1. The number of aryl methyl sites for hydroxylation is 2. The zero-order valence-corrected chi connectivity index (χ0v) is 15.7. The second-order valence-electron chi connectivity index (χ2n) is 6.60. The molecule has 2 aromatic carbocycles. The van der Waals surface area contributed by atoms with Crippen LogP contribution in [0.25, 0.3) is 33.4 Å². The number of phenolic OH excluding ortho intramolecular Hbond substituents is 1. The number of nitriles is 1. The third-order valence-electron chi connectivity index (χ3n) is 4.84. The molecular formula is C22H18N4O2. The Hall–Kier alpha value is -3.85. The lowest BCUT2D eigenvalue weighted by Gasteiger charge is -2.13. The first-order valence-electron chi connectivity index (χ1n) is 8.76. The van der Waals surface area contributed by atoms with Gasteiger partial charge in [0.1, 0.15) is 17.6 Å². The molecule has 2 N–H and O–H groups in total. The van der Waals surface area contributed by atoms with Crippen molar-refractivity contribution in [1.29, 1.82) is 5.26 Å². The van der Waals surface area contributed by atoms with E-state index in [1.807, 2.05) is 50.2 Å². The maximum Gasteiger partial charge on any atom is 0.182 e. The van der Waals surface area contributed by atoms with Gasteiger partial charge < -0.3 is 9.84 Å². The van der Waals surface area contributed by atoms with E-state index in [2.05, 4.69) is 21.3 Å². The summed E-state index contributed by atoms with van der Waals surface area (Å²) in [6, 6.07) is 15.1. The second-order valence-corrected chi connectivity index (χ2v) is 6.60. The predicted octanol–water partition coefficient (Wildman–Crippen LogP) is 4.49. The van der Waals surface area contributed by atoms with Crippen LogP contribution in [0.2, 0.25) is 0 Å². The van der Waals surface area contributed by atoms with Crippen molar-refractivity contribution in [1.82, 2.24) is 15.2 Å². The van der Waals surface area contributed by atoms with Crippen molar-refractivity contribution in [3.63, 3.8) is 0 Å². The van der Waals surface area contributed by atoms with Crippen molar-refractivity contribution in [2.24, 2.45) is 0 Å². The molecule has 0 radical (unpaired) electrons. The number of methoxy groups -OCH3 is 1. The van der Waals surface area contributed by atoms with E-state index in [1.165, 1.54) is 0 Å². The molecule has 138 valence electrons. The van der Waals surface area contributed by atoms with Crippen LogP contribution in [0, 0.1) is 25.2 Å². The number of hydrogen-bond acceptors (Lipinski definition) is 5. The molecule has 0 saturated heterocycles. The number of nitrogens with zero attached hydrogens (tertiary/aromatic N) is 3. The second kappa shape index (κ2) is 6.71. The summed E-state index contributed by atoms with van der Waals surface area (Å²) < 4.78 is 5.23. The summed E-state index contributed by atoms with van der Waals surface area (Å²) in [6.07, 6.45) is 0. The Labute approximate surface area is 162 Å². The topological polar surface area (TPSA) is 94.8 Å². The lowest BCUT2D eigenvalue weighted by atomic mass is 9.92. The van der Waals surface area contributed by atoms with Crippen molar-refractivity contribution < 1.29 is 9.84 Å². The highest BCUT2D eigenvalue weighted by molar-refractivity contribution is 6.00. The number of nitrogens with one attached hydrogen (secondary N) is 1. The van der Waals surface area contributed by atoms with Gasteiger partial charge in [0.25, 0.3) is 0 Å². The van der Waals surface area contributed by atoms with E-state index in [0.717, 1.165) is 39.1 Å². The average molecular weight is 370 g/mol. The minimum atomic E-state index is 0.215. The van der Waals surface area contributed by atoms with Gasteiger partial charge in [-0.3, -0.25) is 5.10 Å². The maximum atomic E-state index is 10.0. The van der Waals surface area contributed by atoms with Gasteiger partial charge in [-0.25, -0.2) is 4.98 Å². The molecule has 28 heavy (non-hydrogen) atoms. The molecule has 0 aliphatic rings. The van der Waals surface area contributed by atoms with Crippen LogP contribution in [0.15, 0.2) is 42.5 Å². The molecule has 0 fully saturated rings. The number of phenols is 1. The minimum absolute atomic E-state index is 0.215. The Kier molecular flexibility index (Phi) is 4.21. The van der Waals surface area contributed by atoms with E-state index < -0.39 is 0 Å². The fraction of sp³-hybridized carbons (Fsp3) is 0.136. The molecule has 0 spiro atoms. The summed E-state index contributed by atoms with van der Waals surface area (Å²) in [6.45, 7) is 3.73. The molecule has 6 nitrogen and oxygen atoms in total. The number of hydrogen-bond donors (Lipinski definition) is 2. The van der Waals surface area contributed by atoms with Gasteiger partial charge in [-0.15, -0.1) is 0 Å². The van der Waals surface area contributed by atoms with Crippen LogP contribution in [0.4, 0.5) is 0 Å². The van der Waals surface area contributed by atoms with Crippen LogP contribution in [-0.4, -0.2) is 27.4 Å². The van der Waals surface area contributed by atoms with Gasteiger partial charge in [0.15, 0.2) is 5.65 Å². The van der Waals surface area contributed by atoms with Gasteiger partial charge in [0.05, 0.1) is 23.8 Å². The van der Waals surface area contributed by atoms with E-state index in [4.69, 9.17) is 4.74 Å². The van der Waals surface area contributed by atoms with Gasteiger partial charge in [-0.2, -0.15) is 10.4 Å². The molecule has 0 aliphatic heterocycles. The van der Waals surface area contributed by atoms with Gasteiger partial charge in [-0.05, 0) is 61.4 Å². The smallest absolute Gasteiger partial charge is 0.182 e. The number of ether oxygens (including phenoxy) is 1. The van der Waals surface area contributed by atoms with Crippen molar-refractivity contribution in [3.8, 4) is 40.0 Å². The number of aromatic nitrogens is 3. The van der Waals surface area contributed by atoms with Crippen LogP contribution in [0.3, 0.4) is 0 Å². The Morgan fingerprint density at radius 2 is 1.79 bits per heavy atom. The zero-order valence-electron chi connectivity index (χ0n) is 15.7. The fourth-order valence-corrected chi connectivity index (χ4v) is 3.37. The molecule has 0 amide bonds. The van der Waals surface area contributed by atoms with Crippen LogP contribution >= 0.6 is 0 Å². The fourth-order valence-electron chi connectivity index (χ4n) is 3.37. The van der Waals surface area contributed by atoms with Crippen LogP contribution in [0.1, 0.15) is 16.8 Å². The maximum absolute atomic E-state index is 10.0. The molecule has 0 aliphatic carbocycles. The highest BCUT2D eigenvalue weighted by Crippen LogP contribution is 2.38. The first-order valence-corrected chi connectivity index (χ1v) is 8.76. The van der Waals surface area contributed by atoms with E-state index in [-0.39, 0.29) is 5.75 Å². The number of aromatic amines is 1. The third-order valence-corrected chi connectivity index (χ3v) is 4.84. The average Bonchev–Trinajstić information content (AvgIpc) is 3.09. The van der Waals surface area contributed by atoms with Crippen LogP contribution in [-0.2, 0) is 0 Å².